The molecule has 12 heavy (non-hydrogen) atoms. The largest absolute Gasteiger partial charge is 0.316 e. The number of hydrogen-bond donors (Lipinski definition) is 1. The van der Waals surface area contributed by atoms with Gasteiger partial charge in [-0.25, -0.2) is 0 Å². The minimum Gasteiger partial charge on any atom is -0.316 e. The highest BCUT2D eigenvalue weighted by atomic mass is 15.2. The fraction of sp³-hybridized carbons (Fsp3) is 1.00. The molecule has 0 aromatic rings. The van der Waals surface area contributed by atoms with Crippen molar-refractivity contribution in [2.75, 3.05) is 26.2 Å². The smallest absolute Gasteiger partial charge is 0.00675 e. The Kier molecular flexibility index (Phi) is 2.66. The number of nitrogens with one attached hydrogen (secondary N) is 1. The fourth-order valence-corrected chi connectivity index (χ4v) is 2.47. The maximum Gasteiger partial charge on any atom is 0.00675 e. The van der Waals surface area contributed by atoms with E-state index in [0.717, 1.165) is 12.0 Å². The van der Waals surface area contributed by atoms with E-state index in [1.165, 1.54) is 45.4 Å². The van der Waals surface area contributed by atoms with Crippen LogP contribution in [-0.2, 0) is 0 Å². The van der Waals surface area contributed by atoms with Crippen molar-refractivity contribution in [3.05, 3.63) is 0 Å². The molecule has 2 heteroatoms. The summed E-state index contributed by atoms with van der Waals surface area (Å²) in [5, 5.41) is 3.43. The first-order valence-corrected chi connectivity index (χ1v) is 5.31. The summed E-state index contributed by atoms with van der Waals surface area (Å²) >= 11 is 0. The second-order valence-corrected chi connectivity index (χ2v) is 4.35. The lowest BCUT2D eigenvalue weighted by molar-refractivity contribution is 0.232. The average Bonchev–Trinajstić information content (AvgIpc) is 2.65. The van der Waals surface area contributed by atoms with E-state index in [0.29, 0.717) is 0 Å². The van der Waals surface area contributed by atoms with Gasteiger partial charge in [-0.3, -0.25) is 0 Å². The summed E-state index contributed by atoms with van der Waals surface area (Å²) in [6, 6.07) is 0.852. The van der Waals surface area contributed by atoms with E-state index in [1.54, 1.807) is 0 Å². The molecular weight excluding hydrogens is 148 g/mol. The SMILES string of the molecule is C[C@H]1CCCN1C[C@H]1CCNC1. The van der Waals surface area contributed by atoms with Gasteiger partial charge in [-0.05, 0) is 51.7 Å². The summed E-state index contributed by atoms with van der Waals surface area (Å²) in [6.07, 6.45) is 4.23. The number of nitrogens with zero attached hydrogens (tertiary/aromatic N) is 1. The van der Waals surface area contributed by atoms with Crippen LogP contribution in [0.1, 0.15) is 26.2 Å². The molecule has 0 radical (unpaired) electrons. The van der Waals surface area contributed by atoms with Crippen LogP contribution in [0.5, 0.6) is 0 Å². The summed E-state index contributed by atoms with van der Waals surface area (Å²) in [4.78, 5) is 2.66. The second-order valence-electron chi connectivity index (χ2n) is 4.35. The van der Waals surface area contributed by atoms with Crippen molar-refractivity contribution in [2.45, 2.75) is 32.2 Å². The molecule has 0 aromatic carbocycles. The third-order valence-corrected chi connectivity index (χ3v) is 3.35. The van der Waals surface area contributed by atoms with Gasteiger partial charge in [0.05, 0.1) is 0 Å². The van der Waals surface area contributed by atoms with Gasteiger partial charge in [-0.2, -0.15) is 0 Å². The summed E-state index contributed by atoms with van der Waals surface area (Å²) in [5.74, 6) is 0.936. The molecule has 2 saturated heterocycles. The Hall–Kier alpha value is -0.0800. The van der Waals surface area contributed by atoms with Crippen LogP contribution in [0.2, 0.25) is 0 Å². The Labute approximate surface area is 75.3 Å². The molecule has 1 N–H and O–H groups in total. The molecule has 2 heterocycles. The van der Waals surface area contributed by atoms with Crippen molar-refractivity contribution < 1.29 is 0 Å². The lowest BCUT2D eigenvalue weighted by Crippen LogP contribution is -2.32. The van der Waals surface area contributed by atoms with E-state index in [9.17, 15) is 0 Å². The number of likely N-dealkylation sites (tertiary alicyclic amines) is 1. The van der Waals surface area contributed by atoms with Crippen LogP contribution in [0.3, 0.4) is 0 Å². The Morgan fingerprint density at radius 3 is 2.92 bits per heavy atom. The highest BCUT2D eigenvalue weighted by Gasteiger charge is 2.24. The molecular formula is C10H20N2. The summed E-state index contributed by atoms with van der Waals surface area (Å²) in [7, 11) is 0. The monoisotopic (exact) mass is 168 g/mol. The van der Waals surface area contributed by atoms with Crippen molar-refractivity contribution in [3.63, 3.8) is 0 Å². The van der Waals surface area contributed by atoms with Crippen molar-refractivity contribution >= 4 is 0 Å². The molecule has 0 bridgehead atoms. The van der Waals surface area contributed by atoms with E-state index < -0.39 is 0 Å². The number of rotatable bonds is 2. The number of hydrogen-bond acceptors (Lipinski definition) is 2. The van der Waals surface area contributed by atoms with Gasteiger partial charge in [0, 0.05) is 12.6 Å². The molecule has 0 spiro atoms. The van der Waals surface area contributed by atoms with Gasteiger partial charge in [-0.15, -0.1) is 0 Å². The Bertz CT molecular complexity index is 141. The van der Waals surface area contributed by atoms with Crippen molar-refractivity contribution in [1.82, 2.24) is 10.2 Å². The predicted octanol–water partition coefficient (Wildman–Crippen LogP) is 1.08. The normalized spacial score (nSPS) is 37.8. The lowest BCUT2D eigenvalue weighted by atomic mass is 10.1. The van der Waals surface area contributed by atoms with Crippen LogP contribution in [0, 0.1) is 5.92 Å². The van der Waals surface area contributed by atoms with Crippen LogP contribution >= 0.6 is 0 Å². The molecule has 2 fully saturated rings. The minimum atomic E-state index is 0.852. The van der Waals surface area contributed by atoms with Gasteiger partial charge < -0.3 is 10.2 Å². The van der Waals surface area contributed by atoms with Gasteiger partial charge in [0.2, 0.25) is 0 Å². The predicted molar refractivity (Wildman–Crippen MR) is 51.2 cm³/mol. The zero-order chi connectivity index (χ0) is 8.39. The minimum absolute atomic E-state index is 0.852. The molecule has 2 nitrogen and oxygen atoms in total. The molecule has 0 amide bonds. The van der Waals surface area contributed by atoms with Crippen LogP contribution in [0.25, 0.3) is 0 Å². The van der Waals surface area contributed by atoms with Gasteiger partial charge in [0.1, 0.15) is 0 Å². The van der Waals surface area contributed by atoms with Crippen LogP contribution in [-0.4, -0.2) is 37.1 Å². The summed E-state index contributed by atoms with van der Waals surface area (Å²) in [6.45, 7) is 7.55. The van der Waals surface area contributed by atoms with Crippen LogP contribution in [0.4, 0.5) is 0 Å². The zero-order valence-electron chi connectivity index (χ0n) is 8.05. The topological polar surface area (TPSA) is 15.3 Å². The first kappa shape index (κ1) is 8.52. The third-order valence-electron chi connectivity index (χ3n) is 3.35. The lowest BCUT2D eigenvalue weighted by Gasteiger charge is -2.23. The Balaban J connectivity index is 1.77. The van der Waals surface area contributed by atoms with Crippen molar-refractivity contribution in [3.8, 4) is 0 Å². The molecule has 0 saturated carbocycles. The zero-order valence-corrected chi connectivity index (χ0v) is 8.05. The van der Waals surface area contributed by atoms with Gasteiger partial charge in [0.25, 0.3) is 0 Å². The summed E-state index contributed by atoms with van der Waals surface area (Å²) < 4.78 is 0. The Morgan fingerprint density at radius 1 is 1.42 bits per heavy atom. The highest BCUT2D eigenvalue weighted by Crippen LogP contribution is 2.19. The molecule has 2 aliphatic heterocycles. The average molecular weight is 168 g/mol. The van der Waals surface area contributed by atoms with E-state index in [-0.39, 0.29) is 0 Å². The van der Waals surface area contributed by atoms with E-state index in [2.05, 4.69) is 17.1 Å². The fourth-order valence-electron chi connectivity index (χ4n) is 2.47. The molecule has 0 aromatic heterocycles. The van der Waals surface area contributed by atoms with E-state index in [1.807, 2.05) is 0 Å². The third kappa shape index (κ3) is 1.80. The van der Waals surface area contributed by atoms with Gasteiger partial charge >= 0.3 is 0 Å². The quantitative estimate of drug-likeness (QED) is 0.664. The molecule has 2 rings (SSSR count). The standard InChI is InChI=1S/C10H20N2/c1-9-3-2-6-12(9)8-10-4-5-11-7-10/h9-11H,2-8H2,1H3/t9-,10-/m0/s1. The molecule has 0 aliphatic carbocycles. The first-order valence-electron chi connectivity index (χ1n) is 5.31. The summed E-state index contributed by atoms with van der Waals surface area (Å²) in [5.41, 5.74) is 0. The van der Waals surface area contributed by atoms with Crippen LogP contribution < -0.4 is 5.32 Å². The molecule has 70 valence electrons. The van der Waals surface area contributed by atoms with Crippen LogP contribution in [0.15, 0.2) is 0 Å². The van der Waals surface area contributed by atoms with E-state index >= 15 is 0 Å². The molecule has 0 unspecified atom stereocenters. The van der Waals surface area contributed by atoms with Gasteiger partial charge in [-0.1, -0.05) is 0 Å². The Morgan fingerprint density at radius 2 is 2.33 bits per heavy atom. The van der Waals surface area contributed by atoms with Crippen molar-refractivity contribution in [1.29, 1.82) is 0 Å². The van der Waals surface area contributed by atoms with Gasteiger partial charge in [0.15, 0.2) is 0 Å². The first-order chi connectivity index (χ1) is 5.86. The maximum absolute atomic E-state index is 3.43. The second kappa shape index (κ2) is 3.75. The van der Waals surface area contributed by atoms with E-state index in [4.69, 9.17) is 0 Å². The highest BCUT2D eigenvalue weighted by molar-refractivity contribution is 4.80. The maximum atomic E-state index is 3.43. The molecule has 2 atom stereocenters. The van der Waals surface area contributed by atoms with Crippen molar-refractivity contribution in [2.24, 2.45) is 5.92 Å². The molecule has 2 aliphatic rings.